The lowest BCUT2D eigenvalue weighted by atomic mass is 9.75. The molecule has 0 aromatic carbocycles. The maximum Gasteiger partial charge on any atom is 0.159 e. The first-order valence-electron chi connectivity index (χ1n) is 6.80. The molecule has 0 aliphatic heterocycles. The van der Waals surface area contributed by atoms with Crippen molar-refractivity contribution in [3.05, 3.63) is 29.6 Å². The molecule has 0 saturated carbocycles. The molecule has 0 radical (unpaired) electrons. The quantitative estimate of drug-likeness (QED) is 0.830. The zero-order chi connectivity index (χ0) is 13.9. The Hall–Kier alpha value is -0.970. The molecule has 0 amide bonds. The fourth-order valence-electron chi connectivity index (χ4n) is 2.96. The Morgan fingerprint density at radius 3 is 2.89 bits per heavy atom. The van der Waals surface area contributed by atoms with Crippen LogP contribution in [0.1, 0.15) is 43.4 Å². The summed E-state index contributed by atoms with van der Waals surface area (Å²) < 4.78 is 10.4. The number of pyridine rings is 1. The average molecular weight is 265 g/mol. The van der Waals surface area contributed by atoms with E-state index in [0.29, 0.717) is 6.42 Å². The van der Waals surface area contributed by atoms with Crippen LogP contribution in [0.15, 0.2) is 18.3 Å². The van der Waals surface area contributed by atoms with Crippen molar-refractivity contribution < 1.29 is 14.6 Å². The number of hydrogen-bond acceptors (Lipinski definition) is 4. The number of aromatic nitrogens is 1. The molecule has 0 bridgehead atoms. The molecule has 1 heterocycles. The van der Waals surface area contributed by atoms with Gasteiger partial charge in [-0.2, -0.15) is 0 Å². The number of aryl methyl sites for hydroxylation is 1. The lowest BCUT2D eigenvalue weighted by Crippen LogP contribution is -2.39. The third-order valence-electron chi connectivity index (χ3n) is 4.05. The van der Waals surface area contributed by atoms with E-state index in [1.807, 2.05) is 13.0 Å². The second-order valence-corrected chi connectivity index (χ2v) is 5.45. The number of nitrogens with zero attached hydrogens (tertiary/aromatic N) is 1. The highest BCUT2D eigenvalue weighted by molar-refractivity contribution is 5.28. The predicted molar refractivity (Wildman–Crippen MR) is 73.0 cm³/mol. The van der Waals surface area contributed by atoms with E-state index >= 15 is 0 Å². The van der Waals surface area contributed by atoms with Crippen molar-refractivity contribution in [1.29, 1.82) is 0 Å². The normalized spacial score (nSPS) is 22.1. The summed E-state index contributed by atoms with van der Waals surface area (Å²) in [5, 5.41) is 10.8. The summed E-state index contributed by atoms with van der Waals surface area (Å²) in [7, 11) is 3.19. The second kappa shape index (κ2) is 5.99. The molecule has 0 fully saturated rings. The monoisotopic (exact) mass is 265 g/mol. The summed E-state index contributed by atoms with van der Waals surface area (Å²) in [5.41, 5.74) is 1.41. The Morgan fingerprint density at radius 2 is 2.21 bits per heavy atom. The van der Waals surface area contributed by atoms with Gasteiger partial charge in [-0.15, -0.1) is 0 Å². The Bertz CT molecular complexity index is 416. The van der Waals surface area contributed by atoms with Crippen LogP contribution in [-0.4, -0.2) is 36.2 Å². The van der Waals surface area contributed by atoms with Gasteiger partial charge in [0, 0.05) is 38.4 Å². The van der Waals surface area contributed by atoms with Crippen LogP contribution < -0.4 is 0 Å². The van der Waals surface area contributed by atoms with Crippen LogP contribution in [0.4, 0.5) is 0 Å². The highest BCUT2D eigenvalue weighted by atomic mass is 16.7. The summed E-state index contributed by atoms with van der Waals surface area (Å²) >= 11 is 0. The average Bonchev–Trinajstić information content (AvgIpc) is 2.44. The highest BCUT2D eigenvalue weighted by Crippen LogP contribution is 2.40. The molecule has 1 aliphatic rings. The summed E-state index contributed by atoms with van der Waals surface area (Å²) in [6.45, 7) is 1.85. The molecule has 1 aromatic heterocycles. The number of aliphatic hydroxyl groups is 1. The number of rotatable bonds is 5. The maximum atomic E-state index is 10.8. The van der Waals surface area contributed by atoms with Gasteiger partial charge in [-0.1, -0.05) is 6.07 Å². The molecule has 19 heavy (non-hydrogen) atoms. The lowest BCUT2D eigenvalue weighted by Gasteiger charge is -2.37. The number of hydrogen-bond donors (Lipinski definition) is 1. The van der Waals surface area contributed by atoms with Gasteiger partial charge in [0.2, 0.25) is 0 Å². The Morgan fingerprint density at radius 1 is 1.47 bits per heavy atom. The van der Waals surface area contributed by atoms with E-state index in [1.54, 1.807) is 20.4 Å². The molecule has 4 heteroatoms. The van der Waals surface area contributed by atoms with Crippen molar-refractivity contribution in [2.45, 2.75) is 50.4 Å². The standard InChI is InChI=1S/C15H23NO3/c1-15(17,10-13(18-2)19-3)12-8-4-6-11-7-5-9-16-14(11)12/h5,7,9,12-13,17H,4,6,8,10H2,1-3H3. The minimum absolute atomic E-state index is 0.0465. The van der Waals surface area contributed by atoms with Gasteiger partial charge in [0.15, 0.2) is 6.29 Å². The molecule has 0 spiro atoms. The smallest absolute Gasteiger partial charge is 0.159 e. The Labute approximate surface area is 114 Å². The minimum atomic E-state index is -0.875. The molecule has 2 atom stereocenters. The second-order valence-electron chi connectivity index (χ2n) is 5.45. The van der Waals surface area contributed by atoms with E-state index in [0.717, 1.165) is 25.0 Å². The third kappa shape index (κ3) is 3.14. The molecular weight excluding hydrogens is 242 g/mol. The van der Waals surface area contributed by atoms with E-state index in [9.17, 15) is 5.11 Å². The molecule has 4 nitrogen and oxygen atoms in total. The first-order chi connectivity index (χ1) is 9.08. The van der Waals surface area contributed by atoms with Crippen molar-refractivity contribution >= 4 is 0 Å². The summed E-state index contributed by atoms with van der Waals surface area (Å²) in [5.74, 6) is 0.0465. The van der Waals surface area contributed by atoms with Crippen LogP contribution in [0.2, 0.25) is 0 Å². The van der Waals surface area contributed by atoms with Crippen LogP contribution in [0, 0.1) is 0 Å². The van der Waals surface area contributed by atoms with Gasteiger partial charge in [-0.25, -0.2) is 0 Å². The summed E-state index contributed by atoms with van der Waals surface area (Å²) in [4.78, 5) is 4.48. The Balaban J connectivity index is 2.21. The van der Waals surface area contributed by atoms with E-state index in [2.05, 4.69) is 11.1 Å². The zero-order valence-corrected chi connectivity index (χ0v) is 11.9. The Kier molecular flexibility index (Phi) is 4.55. The summed E-state index contributed by atoms with van der Waals surface area (Å²) in [6, 6.07) is 4.07. The number of methoxy groups -OCH3 is 2. The topological polar surface area (TPSA) is 51.6 Å². The molecule has 1 N–H and O–H groups in total. The molecular formula is C15H23NO3. The van der Waals surface area contributed by atoms with Crippen LogP contribution in [-0.2, 0) is 15.9 Å². The minimum Gasteiger partial charge on any atom is -0.389 e. The van der Waals surface area contributed by atoms with Crippen molar-refractivity contribution in [2.24, 2.45) is 0 Å². The zero-order valence-electron chi connectivity index (χ0n) is 11.9. The van der Waals surface area contributed by atoms with E-state index < -0.39 is 5.60 Å². The molecule has 1 aromatic rings. The van der Waals surface area contributed by atoms with Crippen LogP contribution in [0.25, 0.3) is 0 Å². The van der Waals surface area contributed by atoms with Crippen molar-refractivity contribution in [3.8, 4) is 0 Å². The highest BCUT2D eigenvalue weighted by Gasteiger charge is 2.38. The van der Waals surface area contributed by atoms with Gasteiger partial charge in [-0.3, -0.25) is 4.98 Å². The van der Waals surface area contributed by atoms with Gasteiger partial charge in [0.25, 0.3) is 0 Å². The maximum absolute atomic E-state index is 10.8. The largest absolute Gasteiger partial charge is 0.389 e. The van der Waals surface area contributed by atoms with Gasteiger partial charge in [0.1, 0.15) is 0 Å². The van der Waals surface area contributed by atoms with Gasteiger partial charge in [0.05, 0.1) is 5.60 Å². The van der Waals surface area contributed by atoms with E-state index in [-0.39, 0.29) is 12.2 Å². The molecule has 2 rings (SSSR count). The van der Waals surface area contributed by atoms with Gasteiger partial charge >= 0.3 is 0 Å². The first kappa shape index (κ1) is 14.4. The number of fused-ring (bicyclic) bond motifs is 1. The fraction of sp³-hybridized carbons (Fsp3) is 0.667. The molecule has 2 unspecified atom stereocenters. The summed E-state index contributed by atoms with van der Waals surface area (Å²) in [6.07, 6.45) is 4.96. The van der Waals surface area contributed by atoms with Crippen molar-refractivity contribution in [3.63, 3.8) is 0 Å². The third-order valence-corrected chi connectivity index (χ3v) is 4.05. The van der Waals surface area contributed by atoms with E-state index in [1.165, 1.54) is 5.56 Å². The van der Waals surface area contributed by atoms with Crippen molar-refractivity contribution in [1.82, 2.24) is 4.98 Å². The van der Waals surface area contributed by atoms with Crippen LogP contribution in [0.5, 0.6) is 0 Å². The number of ether oxygens (including phenoxy) is 2. The molecule has 1 aliphatic carbocycles. The fourth-order valence-corrected chi connectivity index (χ4v) is 2.96. The van der Waals surface area contributed by atoms with E-state index in [4.69, 9.17) is 9.47 Å². The predicted octanol–water partition coefficient (Wildman–Crippen LogP) is 2.26. The lowest BCUT2D eigenvalue weighted by molar-refractivity contribution is -0.146. The van der Waals surface area contributed by atoms with Gasteiger partial charge < -0.3 is 14.6 Å². The molecule has 106 valence electrons. The SMILES string of the molecule is COC(CC(C)(O)C1CCCc2cccnc21)OC. The van der Waals surface area contributed by atoms with Crippen LogP contribution >= 0.6 is 0 Å². The van der Waals surface area contributed by atoms with Crippen molar-refractivity contribution in [2.75, 3.05) is 14.2 Å². The van der Waals surface area contributed by atoms with Gasteiger partial charge in [-0.05, 0) is 37.8 Å². The first-order valence-corrected chi connectivity index (χ1v) is 6.80. The van der Waals surface area contributed by atoms with Crippen LogP contribution in [0.3, 0.4) is 0 Å². The molecule has 0 saturated heterocycles.